The number of rotatable bonds is 6. The second-order valence-corrected chi connectivity index (χ2v) is 4.10. The summed E-state index contributed by atoms with van der Waals surface area (Å²) in [6, 6.07) is 2.67. The van der Waals surface area contributed by atoms with Gasteiger partial charge in [0.05, 0.1) is 17.4 Å². The van der Waals surface area contributed by atoms with Gasteiger partial charge in [-0.25, -0.2) is 14.0 Å². The van der Waals surface area contributed by atoms with Gasteiger partial charge in [-0.3, -0.25) is 0 Å². The zero-order valence-electron chi connectivity index (χ0n) is 11.3. The molecule has 0 aliphatic heterocycles. The van der Waals surface area contributed by atoms with E-state index in [0.717, 1.165) is 6.07 Å². The molecular formula is C13H17FN2O4. The van der Waals surface area contributed by atoms with Crippen LogP contribution >= 0.6 is 0 Å². The fraction of sp³-hybridized carbons (Fsp3) is 0.385. The van der Waals surface area contributed by atoms with Gasteiger partial charge in [0.2, 0.25) is 0 Å². The average Bonchev–Trinajstić information content (AvgIpc) is 2.39. The number of amides is 2. The summed E-state index contributed by atoms with van der Waals surface area (Å²) in [5, 5.41) is 13.5. The predicted molar refractivity (Wildman–Crippen MR) is 71.5 cm³/mol. The maximum Gasteiger partial charge on any atom is 0.335 e. The SMILES string of the molecule is CCOC(C)CNC(=O)Nc1ccc(C(=O)O)cc1F. The summed E-state index contributed by atoms with van der Waals surface area (Å²) in [6.07, 6.45) is -0.148. The van der Waals surface area contributed by atoms with Crippen LogP contribution in [0.25, 0.3) is 0 Å². The minimum Gasteiger partial charge on any atom is -0.478 e. The zero-order chi connectivity index (χ0) is 15.1. The standard InChI is InChI=1S/C13H17FN2O4/c1-3-20-8(2)7-15-13(19)16-11-5-4-9(12(17)18)6-10(11)14/h4-6,8H,3,7H2,1-2H3,(H,17,18)(H2,15,16,19). The summed E-state index contributed by atoms with van der Waals surface area (Å²) in [6.45, 7) is 4.46. The summed E-state index contributed by atoms with van der Waals surface area (Å²) >= 11 is 0. The van der Waals surface area contributed by atoms with Gasteiger partial charge < -0.3 is 20.5 Å². The number of aromatic carboxylic acids is 1. The van der Waals surface area contributed by atoms with Crippen LogP contribution in [0.15, 0.2) is 18.2 Å². The van der Waals surface area contributed by atoms with Gasteiger partial charge in [0.1, 0.15) is 5.82 Å². The molecule has 1 aromatic carbocycles. The smallest absolute Gasteiger partial charge is 0.335 e. The molecule has 6 nitrogen and oxygen atoms in total. The Morgan fingerprint density at radius 1 is 1.45 bits per heavy atom. The number of carboxylic acid groups (broad SMARTS) is 1. The van der Waals surface area contributed by atoms with Crippen molar-refractivity contribution in [3.05, 3.63) is 29.6 Å². The van der Waals surface area contributed by atoms with Crippen molar-refractivity contribution >= 4 is 17.7 Å². The van der Waals surface area contributed by atoms with E-state index in [2.05, 4.69) is 10.6 Å². The lowest BCUT2D eigenvalue weighted by atomic mass is 10.2. The van der Waals surface area contributed by atoms with Crippen LogP contribution in [0.4, 0.5) is 14.9 Å². The first-order chi connectivity index (χ1) is 9.43. The summed E-state index contributed by atoms with van der Waals surface area (Å²) in [5.41, 5.74) is -0.269. The predicted octanol–water partition coefficient (Wildman–Crippen LogP) is 2.07. The Morgan fingerprint density at radius 3 is 2.70 bits per heavy atom. The number of hydrogen-bond donors (Lipinski definition) is 3. The van der Waals surface area contributed by atoms with E-state index >= 15 is 0 Å². The molecule has 1 rings (SSSR count). The number of carboxylic acids is 1. The van der Waals surface area contributed by atoms with Crippen LogP contribution in [0.3, 0.4) is 0 Å². The highest BCUT2D eigenvalue weighted by Gasteiger charge is 2.11. The molecule has 0 saturated carbocycles. The molecule has 110 valence electrons. The maximum atomic E-state index is 13.6. The number of ether oxygens (including phenoxy) is 1. The van der Waals surface area contributed by atoms with Gasteiger partial charge in [-0.05, 0) is 32.0 Å². The van der Waals surface area contributed by atoms with Crippen molar-refractivity contribution in [2.45, 2.75) is 20.0 Å². The molecule has 0 bridgehead atoms. The van der Waals surface area contributed by atoms with Crippen LogP contribution in [0.2, 0.25) is 0 Å². The van der Waals surface area contributed by atoms with Crippen LogP contribution in [-0.2, 0) is 4.74 Å². The number of carbonyl (C=O) groups excluding carboxylic acids is 1. The molecule has 0 spiro atoms. The van der Waals surface area contributed by atoms with E-state index in [1.807, 2.05) is 6.92 Å². The number of urea groups is 1. The van der Waals surface area contributed by atoms with Crippen LogP contribution < -0.4 is 10.6 Å². The highest BCUT2D eigenvalue weighted by molar-refractivity contribution is 5.91. The van der Waals surface area contributed by atoms with E-state index in [1.54, 1.807) is 6.92 Å². The molecule has 3 N–H and O–H groups in total. The van der Waals surface area contributed by atoms with Crippen molar-refractivity contribution in [1.82, 2.24) is 5.32 Å². The van der Waals surface area contributed by atoms with Crippen molar-refractivity contribution in [1.29, 1.82) is 0 Å². The number of carbonyl (C=O) groups is 2. The Balaban J connectivity index is 2.56. The monoisotopic (exact) mass is 284 g/mol. The molecule has 0 heterocycles. The zero-order valence-corrected chi connectivity index (χ0v) is 11.3. The number of benzene rings is 1. The normalized spacial score (nSPS) is 11.8. The van der Waals surface area contributed by atoms with Crippen LogP contribution in [0.1, 0.15) is 24.2 Å². The molecule has 0 saturated heterocycles. The second-order valence-electron chi connectivity index (χ2n) is 4.10. The van der Waals surface area contributed by atoms with Gasteiger partial charge >= 0.3 is 12.0 Å². The number of nitrogens with one attached hydrogen (secondary N) is 2. The van der Waals surface area contributed by atoms with E-state index < -0.39 is 17.8 Å². The lowest BCUT2D eigenvalue weighted by Crippen LogP contribution is -2.35. The fourth-order valence-electron chi connectivity index (χ4n) is 1.50. The Bertz CT molecular complexity index is 493. The van der Waals surface area contributed by atoms with Crippen molar-refractivity contribution < 1.29 is 23.8 Å². The molecule has 2 amide bonds. The maximum absolute atomic E-state index is 13.6. The van der Waals surface area contributed by atoms with Crippen LogP contribution in [0.5, 0.6) is 0 Å². The quantitative estimate of drug-likeness (QED) is 0.746. The molecule has 0 aliphatic rings. The summed E-state index contributed by atoms with van der Waals surface area (Å²) in [7, 11) is 0. The molecule has 20 heavy (non-hydrogen) atoms. The first-order valence-electron chi connectivity index (χ1n) is 6.13. The van der Waals surface area contributed by atoms with Gasteiger partial charge in [0.15, 0.2) is 0 Å². The Morgan fingerprint density at radius 2 is 2.15 bits per heavy atom. The summed E-state index contributed by atoms with van der Waals surface area (Å²) in [5.74, 6) is -2.04. The molecule has 7 heteroatoms. The first kappa shape index (κ1) is 15.9. The van der Waals surface area contributed by atoms with Crippen molar-refractivity contribution in [3.8, 4) is 0 Å². The Kier molecular flexibility index (Phi) is 5.92. The topological polar surface area (TPSA) is 87.7 Å². The number of halogens is 1. The summed E-state index contributed by atoms with van der Waals surface area (Å²) in [4.78, 5) is 22.2. The largest absolute Gasteiger partial charge is 0.478 e. The van der Waals surface area contributed by atoms with Gasteiger partial charge in [0, 0.05) is 13.2 Å². The molecule has 1 unspecified atom stereocenters. The molecule has 0 radical (unpaired) electrons. The fourth-order valence-corrected chi connectivity index (χ4v) is 1.50. The van der Waals surface area contributed by atoms with E-state index in [9.17, 15) is 14.0 Å². The van der Waals surface area contributed by atoms with Gasteiger partial charge in [-0.15, -0.1) is 0 Å². The molecule has 1 atom stereocenters. The average molecular weight is 284 g/mol. The lowest BCUT2D eigenvalue weighted by Gasteiger charge is -2.13. The highest BCUT2D eigenvalue weighted by Crippen LogP contribution is 2.15. The minimum absolute atomic E-state index is 0.0865. The molecule has 0 aliphatic carbocycles. The number of hydrogen-bond acceptors (Lipinski definition) is 3. The molecule has 1 aromatic rings. The van der Waals surface area contributed by atoms with Gasteiger partial charge in [-0.2, -0.15) is 0 Å². The van der Waals surface area contributed by atoms with E-state index in [-0.39, 0.29) is 23.9 Å². The third-order valence-electron chi connectivity index (χ3n) is 2.47. The van der Waals surface area contributed by atoms with E-state index in [4.69, 9.17) is 9.84 Å². The third-order valence-corrected chi connectivity index (χ3v) is 2.47. The molecule has 0 aromatic heterocycles. The Hall–Kier alpha value is -2.15. The summed E-state index contributed by atoms with van der Waals surface area (Å²) < 4.78 is 18.8. The first-order valence-corrected chi connectivity index (χ1v) is 6.13. The third kappa shape index (κ3) is 4.85. The van der Waals surface area contributed by atoms with E-state index in [1.165, 1.54) is 12.1 Å². The van der Waals surface area contributed by atoms with Gasteiger partial charge in [0.25, 0.3) is 0 Å². The van der Waals surface area contributed by atoms with Crippen molar-refractivity contribution in [2.24, 2.45) is 0 Å². The molecular weight excluding hydrogens is 267 g/mol. The minimum atomic E-state index is -1.23. The molecule has 0 fully saturated rings. The van der Waals surface area contributed by atoms with Gasteiger partial charge in [-0.1, -0.05) is 0 Å². The lowest BCUT2D eigenvalue weighted by molar-refractivity contribution is 0.0696. The van der Waals surface area contributed by atoms with Crippen molar-refractivity contribution in [3.63, 3.8) is 0 Å². The van der Waals surface area contributed by atoms with Crippen LogP contribution in [0, 0.1) is 5.82 Å². The highest BCUT2D eigenvalue weighted by atomic mass is 19.1. The van der Waals surface area contributed by atoms with Crippen molar-refractivity contribution in [2.75, 3.05) is 18.5 Å². The van der Waals surface area contributed by atoms with E-state index in [0.29, 0.717) is 6.61 Å². The van der Waals surface area contributed by atoms with Crippen LogP contribution in [-0.4, -0.2) is 36.4 Å². The number of anilines is 1. The Labute approximate surface area is 115 Å². The second kappa shape index (κ2) is 7.44.